The number of fused-ring (bicyclic) bond motifs is 1. The standard InChI is InChI=1S/C14H22N4S/c1-5-18(6-2)7-11(4)17-14-13-12(15-9-16-14)10(3)8-19-13/h8-9,11H,5-7H2,1-4H3,(H,15,16,17). The Bertz CT molecular complexity index is 533. The molecular weight excluding hydrogens is 256 g/mol. The minimum atomic E-state index is 0.375. The molecule has 2 aromatic rings. The van der Waals surface area contributed by atoms with E-state index in [1.54, 1.807) is 17.7 Å². The van der Waals surface area contributed by atoms with Crippen LogP contribution in [0.5, 0.6) is 0 Å². The van der Waals surface area contributed by atoms with Crippen molar-refractivity contribution in [3.63, 3.8) is 0 Å². The van der Waals surface area contributed by atoms with Crippen molar-refractivity contribution in [1.29, 1.82) is 0 Å². The van der Waals surface area contributed by atoms with Crippen molar-refractivity contribution in [2.24, 2.45) is 0 Å². The van der Waals surface area contributed by atoms with E-state index in [9.17, 15) is 0 Å². The highest BCUT2D eigenvalue weighted by atomic mass is 32.1. The van der Waals surface area contributed by atoms with Crippen LogP contribution in [0.15, 0.2) is 11.7 Å². The molecule has 2 heterocycles. The summed E-state index contributed by atoms with van der Waals surface area (Å²) in [5, 5.41) is 5.65. The van der Waals surface area contributed by atoms with Crippen LogP contribution in [0.2, 0.25) is 0 Å². The molecule has 0 bridgehead atoms. The van der Waals surface area contributed by atoms with E-state index in [0.29, 0.717) is 6.04 Å². The van der Waals surface area contributed by atoms with Crippen LogP contribution in [0, 0.1) is 6.92 Å². The van der Waals surface area contributed by atoms with E-state index in [0.717, 1.165) is 35.7 Å². The zero-order valence-electron chi connectivity index (χ0n) is 12.1. The summed E-state index contributed by atoms with van der Waals surface area (Å²) in [5.41, 5.74) is 2.29. The molecule has 0 aliphatic rings. The average Bonchev–Trinajstić information content (AvgIpc) is 2.79. The first-order valence-electron chi connectivity index (χ1n) is 6.83. The summed E-state index contributed by atoms with van der Waals surface area (Å²) in [4.78, 5) is 11.2. The number of nitrogens with one attached hydrogen (secondary N) is 1. The van der Waals surface area contributed by atoms with E-state index < -0.39 is 0 Å². The van der Waals surface area contributed by atoms with Crippen molar-refractivity contribution < 1.29 is 0 Å². The Morgan fingerprint density at radius 2 is 2.05 bits per heavy atom. The quantitative estimate of drug-likeness (QED) is 0.881. The van der Waals surface area contributed by atoms with Gasteiger partial charge in [0.2, 0.25) is 0 Å². The van der Waals surface area contributed by atoms with Crippen LogP contribution >= 0.6 is 11.3 Å². The van der Waals surface area contributed by atoms with Crippen LogP contribution in [0.25, 0.3) is 10.2 Å². The Hall–Kier alpha value is -1.20. The average molecular weight is 278 g/mol. The van der Waals surface area contributed by atoms with Gasteiger partial charge in [-0.3, -0.25) is 0 Å². The van der Waals surface area contributed by atoms with Gasteiger partial charge in [0.05, 0.1) is 10.2 Å². The van der Waals surface area contributed by atoms with E-state index in [1.165, 1.54) is 5.56 Å². The second-order valence-electron chi connectivity index (χ2n) is 4.85. The van der Waals surface area contributed by atoms with Gasteiger partial charge in [-0.05, 0) is 37.9 Å². The molecule has 19 heavy (non-hydrogen) atoms. The van der Waals surface area contributed by atoms with Crippen molar-refractivity contribution >= 4 is 27.4 Å². The van der Waals surface area contributed by atoms with Crippen molar-refractivity contribution in [2.45, 2.75) is 33.7 Å². The summed E-state index contributed by atoms with van der Waals surface area (Å²) in [6.45, 7) is 11.9. The number of likely N-dealkylation sites (N-methyl/N-ethyl adjacent to an activating group) is 1. The molecule has 0 aromatic carbocycles. The number of thiophene rings is 1. The minimum absolute atomic E-state index is 0.375. The van der Waals surface area contributed by atoms with Crippen LogP contribution in [0.1, 0.15) is 26.3 Å². The third-order valence-corrected chi connectivity index (χ3v) is 4.43. The van der Waals surface area contributed by atoms with E-state index >= 15 is 0 Å². The number of aryl methyl sites for hydroxylation is 1. The van der Waals surface area contributed by atoms with E-state index in [1.807, 2.05) is 0 Å². The van der Waals surface area contributed by atoms with Gasteiger partial charge < -0.3 is 10.2 Å². The smallest absolute Gasteiger partial charge is 0.147 e. The number of hydrogen-bond donors (Lipinski definition) is 1. The Morgan fingerprint density at radius 1 is 1.32 bits per heavy atom. The third-order valence-electron chi connectivity index (χ3n) is 3.34. The molecule has 104 valence electrons. The van der Waals surface area contributed by atoms with Crippen molar-refractivity contribution in [1.82, 2.24) is 14.9 Å². The summed E-state index contributed by atoms with van der Waals surface area (Å²) in [7, 11) is 0. The zero-order valence-corrected chi connectivity index (χ0v) is 12.9. The molecular formula is C14H22N4S. The number of aromatic nitrogens is 2. The lowest BCUT2D eigenvalue weighted by Gasteiger charge is -2.23. The highest BCUT2D eigenvalue weighted by Crippen LogP contribution is 2.28. The Kier molecular flexibility index (Phi) is 4.71. The van der Waals surface area contributed by atoms with Crippen LogP contribution in [0.4, 0.5) is 5.82 Å². The van der Waals surface area contributed by atoms with Gasteiger partial charge in [-0.15, -0.1) is 11.3 Å². The Morgan fingerprint density at radius 3 is 2.74 bits per heavy atom. The molecule has 0 spiro atoms. The summed E-state index contributed by atoms with van der Waals surface area (Å²) < 4.78 is 1.16. The molecule has 5 heteroatoms. The molecule has 2 rings (SSSR count). The van der Waals surface area contributed by atoms with Gasteiger partial charge in [-0.2, -0.15) is 0 Å². The molecule has 0 aliphatic carbocycles. The second-order valence-corrected chi connectivity index (χ2v) is 5.73. The van der Waals surface area contributed by atoms with Gasteiger partial charge in [0.1, 0.15) is 12.1 Å². The fraction of sp³-hybridized carbons (Fsp3) is 0.571. The lowest BCUT2D eigenvalue weighted by molar-refractivity contribution is 0.294. The van der Waals surface area contributed by atoms with Crippen molar-refractivity contribution in [2.75, 3.05) is 25.0 Å². The zero-order chi connectivity index (χ0) is 13.8. The molecule has 0 fully saturated rings. The van der Waals surface area contributed by atoms with Gasteiger partial charge in [0.15, 0.2) is 0 Å². The molecule has 0 aliphatic heterocycles. The van der Waals surface area contributed by atoms with Crippen LogP contribution in [0.3, 0.4) is 0 Å². The number of nitrogens with zero attached hydrogens (tertiary/aromatic N) is 3. The van der Waals surface area contributed by atoms with E-state index in [2.05, 4.69) is 53.3 Å². The maximum absolute atomic E-state index is 4.39. The normalized spacial score (nSPS) is 13.1. The SMILES string of the molecule is CCN(CC)CC(C)Nc1ncnc2c(C)csc12. The Labute approximate surface area is 118 Å². The van der Waals surface area contributed by atoms with Gasteiger partial charge in [0.25, 0.3) is 0 Å². The van der Waals surface area contributed by atoms with Crippen molar-refractivity contribution in [3.05, 3.63) is 17.3 Å². The largest absolute Gasteiger partial charge is 0.365 e. The molecule has 0 radical (unpaired) electrons. The summed E-state index contributed by atoms with van der Waals surface area (Å²) in [6, 6.07) is 0.375. The molecule has 1 N–H and O–H groups in total. The predicted octanol–water partition coefficient (Wildman–Crippen LogP) is 3.14. The lowest BCUT2D eigenvalue weighted by atomic mass is 10.2. The first-order chi connectivity index (χ1) is 9.15. The van der Waals surface area contributed by atoms with Gasteiger partial charge in [0, 0.05) is 12.6 Å². The molecule has 1 unspecified atom stereocenters. The second kappa shape index (κ2) is 6.30. The number of rotatable bonds is 6. The first-order valence-corrected chi connectivity index (χ1v) is 7.71. The summed E-state index contributed by atoms with van der Waals surface area (Å²) >= 11 is 1.71. The van der Waals surface area contributed by atoms with Crippen molar-refractivity contribution in [3.8, 4) is 0 Å². The monoisotopic (exact) mass is 278 g/mol. The first kappa shape index (κ1) is 14.2. The fourth-order valence-electron chi connectivity index (χ4n) is 2.22. The summed E-state index contributed by atoms with van der Waals surface area (Å²) in [5.74, 6) is 0.961. The van der Waals surface area contributed by atoms with Gasteiger partial charge in [-0.25, -0.2) is 9.97 Å². The topological polar surface area (TPSA) is 41.0 Å². The molecule has 0 saturated heterocycles. The molecule has 4 nitrogen and oxygen atoms in total. The minimum Gasteiger partial charge on any atom is -0.365 e. The highest BCUT2D eigenvalue weighted by Gasteiger charge is 2.12. The molecule has 2 aromatic heterocycles. The number of anilines is 1. The Balaban J connectivity index is 2.12. The van der Waals surface area contributed by atoms with Crippen LogP contribution < -0.4 is 5.32 Å². The third kappa shape index (κ3) is 3.22. The maximum atomic E-state index is 4.39. The lowest BCUT2D eigenvalue weighted by Crippen LogP contribution is -2.34. The molecule has 0 saturated carbocycles. The number of hydrogen-bond acceptors (Lipinski definition) is 5. The predicted molar refractivity (Wildman–Crippen MR) is 83.0 cm³/mol. The van der Waals surface area contributed by atoms with Crippen LogP contribution in [-0.4, -0.2) is 40.5 Å². The fourth-order valence-corrected chi connectivity index (χ4v) is 3.18. The molecule has 1 atom stereocenters. The maximum Gasteiger partial charge on any atom is 0.147 e. The van der Waals surface area contributed by atoms with E-state index in [4.69, 9.17) is 0 Å². The van der Waals surface area contributed by atoms with Gasteiger partial charge in [-0.1, -0.05) is 13.8 Å². The van der Waals surface area contributed by atoms with Crippen LogP contribution in [-0.2, 0) is 0 Å². The molecule has 0 amide bonds. The van der Waals surface area contributed by atoms with E-state index in [-0.39, 0.29) is 0 Å². The van der Waals surface area contributed by atoms with Gasteiger partial charge >= 0.3 is 0 Å². The highest BCUT2D eigenvalue weighted by molar-refractivity contribution is 7.18. The summed E-state index contributed by atoms with van der Waals surface area (Å²) in [6.07, 6.45) is 1.65.